The van der Waals surface area contributed by atoms with Crippen LogP contribution in [0, 0.1) is 0 Å². The molecule has 1 saturated carbocycles. The second-order valence-electron chi connectivity index (χ2n) is 5.96. The van der Waals surface area contributed by atoms with Crippen LogP contribution in [0.3, 0.4) is 0 Å². The van der Waals surface area contributed by atoms with E-state index in [1.807, 2.05) is 31.3 Å². The Morgan fingerprint density at radius 2 is 1.82 bits per heavy atom. The fraction of sp³-hybridized carbons (Fsp3) is 0.294. The van der Waals surface area contributed by atoms with Crippen molar-refractivity contribution in [3.63, 3.8) is 0 Å². The highest BCUT2D eigenvalue weighted by Crippen LogP contribution is 2.38. The Morgan fingerprint density at radius 1 is 1.09 bits per heavy atom. The molecule has 5 nitrogen and oxygen atoms in total. The van der Waals surface area contributed by atoms with E-state index in [0.717, 1.165) is 36.2 Å². The molecule has 1 aliphatic rings. The maximum absolute atomic E-state index is 6.26. The number of rotatable bonds is 3. The van der Waals surface area contributed by atoms with Crippen molar-refractivity contribution in [1.82, 2.24) is 14.7 Å². The van der Waals surface area contributed by atoms with Crippen LogP contribution in [0.2, 0.25) is 0 Å². The van der Waals surface area contributed by atoms with Gasteiger partial charge in [0.1, 0.15) is 5.69 Å². The van der Waals surface area contributed by atoms with Gasteiger partial charge in [-0.15, -0.1) is 0 Å². The lowest BCUT2D eigenvalue weighted by atomic mass is 9.77. The van der Waals surface area contributed by atoms with Crippen LogP contribution in [0.1, 0.15) is 25.1 Å². The first-order chi connectivity index (χ1) is 10.7. The zero-order chi connectivity index (χ0) is 15.2. The summed E-state index contributed by atoms with van der Waals surface area (Å²) in [6.07, 6.45) is 2.98. The highest BCUT2D eigenvalue weighted by atomic mass is 16.5. The Morgan fingerprint density at radius 3 is 2.50 bits per heavy atom. The molecule has 5 heteroatoms. The molecule has 1 aliphatic carbocycles. The summed E-state index contributed by atoms with van der Waals surface area (Å²) in [6.45, 7) is 0. The van der Waals surface area contributed by atoms with E-state index in [1.165, 1.54) is 0 Å². The van der Waals surface area contributed by atoms with Crippen LogP contribution < -0.4 is 5.73 Å². The molecule has 4 rings (SSSR count). The fourth-order valence-electron chi connectivity index (χ4n) is 2.94. The number of nitrogens with zero attached hydrogens (tertiary/aromatic N) is 3. The number of nitrogens with two attached hydrogens (primary N) is 1. The molecular formula is C17H18N4O. The number of aromatic nitrogens is 3. The second-order valence-corrected chi connectivity index (χ2v) is 5.96. The summed E-state index contributed by atoms with van der Waals surface area (Å²) in [5, 5.41) is 4.09. The molecule has 112 valence electrons. The van der Waals surface area contributed by atoms with Crippen LogP contribution in [0.5, 0.6) is 0 Å². The van der Waals surface area contributed by atoms with E-state index in [0.29, 0.717) is 11.7 Å². The normalized spacial score (nSPS) is 16.5. The van der Waals surface area contributed by atoms with Crippen LogP contribution in [-0.2, 0) is 12.6 Å². The molecular weight excluding hydrogens is 276 g/mol. The van der Waals surface area contributed by atoms with E-state index in [-0.39, 0.29) is 0 Å². The first-order valence-electron chi connectivity index (χ1n) is 7.52. The summed E-state index contributed by atoms with van der Waals surface area (Å²) in [4.78, 5) is 4.52. The van der Waals surface area contributed by atoms with Gasteiger partial charge < -0.3 is 14.8 Å². The van der Waals surface area contributed by atoms with Crippen LogP contribution in [0.4, 0.5) is 0 Å². The summed E-state index contributed by atoms with van der Waals surface area (Å²) in [5.74, 6) is 1.15. The summed E-state index contributed by atoms with van der Waals surface area (Å²) < 4.78 is 7.51. The molecule has 0 atom stereocenters. The van der Waals surface area contributed by atoms with Gasteiger partial charge in [-0.25, -0.2) is 0 Å². The van der Waals surface area contributed by atoms with Crippen molar-refractivity contribution in [1.29, 1.82) is 0 Å². The molecule has 2 heterocycles. The summed E-state index contributed by atoms with van der Waals surface area (Å²) in [6, 6.07) is 14.3. The molecule has 0 amide bonds. The lowest BCUT2D eigenvalue weighted by molar-refractivity contribution is 0.229. The first kappa shape index (κ1) is 13.3. The minimum atomic E-state index is -0.394. The predicted molar refractivity (Wildman–Crippen MR) is 83.9 cm³/mol. The zero-order valence-electron chi connectivity index (χ0n) is 12.5. The zero-order valence-corrected chi connectivity index (χ0v) is 12.5. The molecule has 1 fully saturated rings. The van der Waals surface area contributed by atoms with E-state index in [4.69, 9.17) is 10.3 Å². The Balaban J connectivity index is 1.71. The van der Waals surface area contributed by atoms with Gasteiger partial charge in [0.05, 0.1) is 5.54 Å². The smallest absolute Gasteiger partial charge is 0.274 e. The lowest BCUT2D eigenvalue weighted by Gasteiger charge is -2.34. The van der Waals surface area contributed by atoms with E-state index >= 15 is 0 Å². The van der Waals surface area contributed by atoms with Gasteiger partial charge >= 0.3 is 0 Å². The van der Waals surface area contributed by atoms with Crippen molar-refractivity contribution in [2.75, 3.05) is 0 Å². The molecule has 22 heavy (non-hydrogen) atoms. The fourth-order valence-corrected chi connectivity index (χ4v) is 2.94. The quantitative estimate of drug-likeness (QED) is 0.806. The maximum Gasteiger partial charge on any atom is 0.274 e. The van der Waals surface area contributed by atoms with Crippen LogP contribution in [0.15, 0.2) is 47.0 Å². The minimum Gasteiger partial charge on any atom is -0.340 e. The van der Waals surface area contributed by atoms with E-state index < -0.39 is 5.54 Å². The monoisotopic (exact) mass is 294 g/mol. The number of benzene rings is 1. The largest absolute Gasteiger partial charge is 0.340 e. The van der Waals surface area contributed by atoms with Gasteiger partial charge in [0, 0.05) is 12.7 Å². The van der Waals surface area contributed by atoms with Crippen molar-refractivity contribution in [2.45, 2.75) is 24.8 Å². The van der Waals surface area contributed by atoms with Gasteiger partial charge in [-0.2, -0.15) is 4.98 Å². The molecule has 0 saturated heterocycles. The molecule has 0 radical (unpaired) electrons. The van der Waals surface area contributed by atoms with Gasteiger partial charge in [-0.1, -0.05) is 35.5 Å². The molecule has 0 spiro atoms. The van der Waals surface area contributed by atoms with Gasteiger partial charge in [0.15, 0.2) is 5.82 Å². The molecule has 0 bridgehead atoms. The Bertz CT molecular complexity index is 799. The molecule has 0 aliphatic heterocycles. The predicted octanol–water partition coefficient (Wildman–Crippen LogP) is 3.08. The third-order valence-electron chi connectivity index (χ3n) is 4.53. The molecule has 2 N–H and O–H groups in total. The second kappa shape index (κ2) is 4.81. The van der Waals surface area contributed by atoms with Crippen LogP contribution in [-0.4, -0.2) is 14.7 Å². The Labute approximate surface area is 128 Å². The molecule has 1 aromatic carbocycles. The van der Waals surface area contributed by atoms with Gasteiger partial charge in [-0.3, -0.25) is 0 Å². The number of hydrogen-bond acceptors (Lipinski definition) is 4. The average molecular weight is 294 g/mol. The van der Waals surface area contributed by atoms with Crippen molar-refractivity contribution in [2.24, 2.45) is 12.8 Å². The van der Waals surface area contributed by atoms with Gasteiger partial charge in [0.2, 0.25) is 0 Å². The van der Waals surface area contributed by atoms with Gasteiger partial charge in [-0.05, 0) is 37.0 Å². The highest BCUT2D eigenvalue weighted by molar-refractivity contribution is 5.65. The summed E-state index contributed by atoms with van der Waals surface area (Å²) in [5.41, 5.74) is 9.04. The van der Waals surface area contributed by atoms with Crippen molar-refractivity contribution in [3.05, 3.63) is 48.3 Å². The van der Waals surface area contributed by atoms with Crippen molar-refractivity contribution >= 4 is 0 Å². The molecule has 0 unspecified atom stereocenters. The van der Waals surface area contributed by atoms with Crippen molar-refractivity contribution < 1.29 is 4.52 Å². The highest BCUT2D eigenvalue weighted by Gasteiger charge is 2.39. The summed E-state index contributed by atoms with van der Waals surface area (Å²) >= 11 is 0. The first-order valence-corrected chi connectivity index (χ1v) is 7.52. The van der Waals surface area contributed by atoms with Crippen LogP contribution in [0.25, 0.3) is 22.8 Å². The van der Waals surface area contributed by atoms with E-state index in [1.54, 1.807) is 0 Å². The lowest BCUT2D eigenvalue weighted by Crippen LogP contribution is -2.44. The third kappa shape index (κ3) is 1.97. The molecule has 3 aromatic rings. The topological polar surface area (TPSA) is 69.9 Å². The Kier molecular flexibility index (Phi) is 2.90. The maximum atomic E-state index is 6.26. The summed E-state index contributed by atoms with van der Waals surface area (Å²) in [7, 11) is 2.00. The Hall–Kier alpha value is -2.40. The third-order valence-corrected chi connectivity index (χ3v) is 4.53. The average Bonchev–Trinajstić information content (AvgIpc) is 3.12. The standard InChI is InChI=1S/C17H18N4O/c1-21-13(12-6-3-2-4-7-12)8-9-14(21)15-19-16(20-22-15)17(18)10-5-11-17/h2-4,6-9H,5,10-11,18H2,1H3. The van der Waals surface area contributed by atoms with Crippen LogP contribution >= 0.6 is 0 Å². The van der Waals surface area contributed by atoms with E-state index in [9.17, 15) is 0 Å². The van der Waals surface area contributed by atoms with E-state index in [2.05, 4.69) is 32.9 Å². The van der Waals surface area contributed by atoms with Crippen molar-refractivity contribution in [3.8, 4) is 22.8 Å². The van der Waals surface area contributed by atoms with Gasteiger partial charge in [0.25, 0.3) is 5.89 Å². The molecule has 2 aromatic heterocycles. The number of hydrogen-bond donors (Lipinski definition) is 1. The minimum absolute atomic E-state index is 0.394. The SMILES string of the molecule is Cn1c(-c2ccccc2)ccc1-c1nc(C2(N)CCC2)no1.